The smallest absolute Gasteiger partial charge is 0.321 e. The Morgan fingerprint density at radius 2 is 1.89 bits per heavy atom. The minimum atomic E-state index is -0.827. The highest BCUT2D eigenvalue weighted by Gasteiger charge is 2.42. The van der Waals surface area contributed by atoms with Crippen molar-refractivity contribution in [3.63, 3.8) is 0 Å². The van der Waals surface area contributed by atoms with Crippen LogP contribution in [0.15, 0.2) is 24.3 Å². The van der Waals surface area contributed by atoms with Crippen LogP contribution in [-0.4, -0.2) is 85.6 Å². The van der Waals surface area contributed by atoms with Gasteiger partial charge in [-0.1, -0.05) is 6.92 Å². The van der Waals surface area contributed by atoms with Crippen molar-refractivity contribution in [2.75, 3.05) is 26.2 Å². The zero-order valence-corrected chi connectivity index (χ0v) is 21.2. The third-order valence-corrected chi connectivity index (χ3v) is 8.21. The molecule has 5 rings (SSSR count). The van der Waals surface area contributed by atoms with Gasteiger partial charge < -0.3 is 20.3 Å². The Labute approximate surface area is 216 Å². The number of aromatic nitrogens is 4. The summed E-state index contributed by atoms with van der Waals surface area (Å²) in [6.45, 7) is 4.74. The lowest BCUT2D eigenvalue weighted by atomic mass is 9.69. The second-order valence-corrected chi connectivity index (χ2v) is 10.7. The highest BCUT2D eigenvalue weighted by molar-refractivity contribution is 5.74. The number of nitrogens with zero attached hydrogens (tertiary/aromatic N) is 5. The SMILES string of the molecule is CCCOc1ccc(-c2nnn([C@H]3C[C@@H](C(=O)O)N(C[C@H]4CC[C@H]5CN[C@H](C(=O)O)C[C@H]5C4)C3)n2)cc1. The molecular formula is C26H36N6O5. The molecule has 3 fully saturated rings. The maximum absolute atomic E-state index is 12.1. The lowest BCUT2D eigenvalue weighted by molar-refractivity contribution is -0.143. The van der Waals surface area contributed by atoms with E-state index in [0.29, 0.717) is 56.1 Å². The van der Waals surface area contributed by atoms with Crippen LogP contribution < -0.4 is 10.1 Å². The van der Waals surface area contributed by atoms with Gasteiger partial charge in [0.1, 0.15) is 17.8 Å². The largest absolute Gasteiger partial charge is 0.494 e. The molecule has 2 saturated heterocycles. The molecule has 0 bridgehead atoms. The molecule has 1 aliphatic carbocycles. The van der Waals surface area contributed by atoms with E-state index in [1.165, 1.54) is 0 Å². The fourth-order valence-corrected chi connectivity index (χ4v) is 6.27. The average Bonchev–Trinajstić information content (AvgIpc) is 3.55. The number of piperidine rings is 1. The summed E-state index contributed by atoms with van der Waals surface area (Å²) in [5.41, 5.74) is 0.832. The molecule has 0 unspecified atom stereocenters. The van der Waals surface area contributed by atoms with E-state index in [1.54, 1.807) is 4.80 Å². The first kappa shape index (κ1) is 25.6. The highest BCUT2D eigenvalue weighted by Crippen LogP contribution is 2.40. The van der Waals surface area contributed by atoms with Gasteiger partial charge in [0, 0.05) is 18.7 Å². The zero-order chi connectivity index (χ0) is 25.9. The molecule has 6 atom stereocenters. The first-order valence-electron chi connectivity index (χ1n) is 13.4. The number of ether oxygens (including phenoxy) is 1. The molecule has 3 aliphatic rings. The molecule has 2 aliphatic heterocycles. The lowest BCUT2D eigenvalue weighted by Gasteiger charge is -2.42. The molecule has 3 heterocycles. The summed E-state index contributed by atoms with van der Waals surface area (Å²) in [6.07, 6.45) is 5.07. The van der Waals surface area contributed by atoms with Crippen molar-refractivity contribution < 1.29 is 24.5 Å². The molecule has 0 radical (unpaired) electrons. The van der Waals surface area contributed by atoms with Gasteiger partial charge in [0.2, 0.25) is 5.82 Å². The number of carboxylic acid groups (broad SMARTS) is 2. The highest BCUT2D eigenvalue weighted by atomic mass is 16.5. The van der Waals surface area contributed by atoms with Gasteiger partial charge in [0.05, 0.1) is 12.6 Å². The second-order valence-electron chi connectivity index (χ2n) is 10.7. The predicted octanol–water partition coefficient (Wildman–Crippen LogP) is 2.31. The average molecular weight is 513 g/mol. The van der Waals surface area contributed by atoms with E-state index in [-0.39, 0.29) is 6.04 Å². The van der Waals surface area contributed by atoms with Crippen molar-refractivity contribution in [2.24, 2.45) is 17.8 Å². The van der Waals surface area contributed by atoms with Crippen molar-refractivity contribution in [3.05, 3.63) is 24.3 Å². The van der Waals surface area contributed by atoms with Crippen LogP contribution in [0, 0.1) is 17.8 Å². The third kappa shape index (κ3) is 5.77. The number of nitrogens with one attached hydrogen (secondary N) is 1. The maximum atomic E-state index is 12.1. The molecule has 11 nitrogen and oxygen atoms in total. The van der Waals surface area contributed by atoms with E-state index in [4.69, 9.17) is 4.74 Å². The van der Waals surface area contributed by atoms with Crippen molar-refractivity contribution in [1.82, 2.24) is 30.4 Å². The van der Waals surface area contributed by atoms with Crippen molar-refractivity contribution in [3.8, 4) is 17.1 Å². The number of rotatable bonds is 9. The normalized spacial score (nSPS) is 30.1. The number of tetrazole rings is 1. The standard InChI is InChI=1S/C26H36N6O5/c1-2-9-37-21-7-5-17(6-8-21)24-28-30-32(29-24)20-12-23(26(35)36)31(15-20)14-16-3-4-18-13-27-22(25(33)34)11-19(18)10-16/h5-8,16,18-20,22-23,27H,2-4,9-15H2,1H3,(H,33,34)(H,35,36)/t16-,18-,19+,20-,22-,23-/m0/s1. The number of benzene rings is 1. The number of carbonyl (C=O) groups is 2. The molecule has 0 amide bonds. The molecule has 2 aromatic rings. The van der Waals surface area contributed by atoms with Gasteiger partial charge in [-0.3, -0.25) is 14.5 Å². The van der Waals surface area contributed by atoms with Gasteiger partial charge in [0.25, 0.3) is 0 Å². The Hall–Kier alpha value is -3.05. The van der Waals surface area contributed by atoms with Gasteiger partial charge in [-0.25, -0.2) is 0 Å². The number of aliphatic carboxylic acids is 2. The van der Waals surface area contributed by atoms with E-state index in [0.717, 1.165) is 43.5 Å². The number of likely N-dealkylation sites (tertiary alicyclic amines) is 1. The maximum Gasteiger partial charge on any atom is 0.321 e. The zero-order valence-electron chi connectivity index (χ0n) is 21.2. The topological polar surface area (TPSA) is 143 Å². The van der Waals surface area contributed by atoms with E-state index in [1.807, 2.05) is 24.3 Å². The predicted molar refractivity (Wildman–Crippen MR) is 134 cm³/mol. The molecule has 0 spiro atoms. The fourth-order valence-electron chi connectivity index (χ4n) is 6.27. The first-order chi connectivity index (χ1) is 17.9. The minimum absolute atomic E-state index is 0.166. The Bertz CT molecular complexity index is 1090. The molecule has 200 valence electrons. The molecule has 3 N–H and O–H groups in total. The first-order valence-corrected chi connectivity index (χ1v) is 13.4. The molecule has 1 aromatic carbocycles. The van der Waals surface area contributed by atoms with E-state index >= 15 is 0 Å². The van der Waals surface area contributed by atoms with Crippen LogP contribution in [0.25, 0.3) is 11.4 Å². The van der Waals surface area contributed by atoms with Crippen LogP contribution in [0.3, 0.4) is 0 Å². The number of hydrogen-bond donors (Lipinski definition) is 3. The summed E-state index contributed by atoms with van der Waals surface area (Å²) < 4.78 is 5.63. The monoisotopic (exact) mass is 512 g/mol. The molecular weight excluding hydrogens is 476 g/mol. The summed E-state index contributed by atoms with van der Waals surface area (Å²) in [4.78, 5) is 27.2. The van der Waals surface area contributed by atoms with Crippen LogP contribution in [0.1, 0.15) is 51.5 Å². The summed E-state index contributed by atoms with van der Waals surface area (Å²) in [5, 5.41) is 35.6. The van der Waals surface area contributed by atoms with Crippen LogP contribution in [0.5, 0.6) is 5.75 Å². The Morgan fingerprint density at radius 1 is 1.08 bits per heavy atom. The van der Waals surface area contributed by atoms with Crippen LogP contribution >= 0.6 is 0 Å². The molecule has 1 aromatic heterocycles. The minimum Gasteiger partial charge on any atom is -0.494 e. The quantitative estimate of drug-likeness (QED) is 0.458. The van der Waals surface area contributed by atoms with Crippen molar-refractivity contribution in [1.29, 1.82) is 0 Å². The molecule has 37 heavy (non-hydrogen) atoms. The van der Waals surface area contributed by atoms with Crippen molar-refractivity contribution in [2.45, 2.75) is 63.6 Å². The van der Waals surface area contributed by atoms with Crippen molar-refractivity contribution >= 4 is 11.9 Å². The summed E-state index contributed by atoms with van der Waals surface area (Å²) in [7, 11) is 0. The van der Waals surface area contributed by atoms with Gasteiger partial charge in [-0.2, -0.15) is 4.80 Å². The van der Waals surface area contributed by atoms with Crippen LogP contribution in [0.4, 0.5) is 0 Å². The number of carboxylic acids is 2. The van der Waals surface area contributed by atoms with Crippen LogP contribution in [-0.2, 0) is 9.59 Å². The number of hydrogen-bond acceptors (Lipinski definition) is 8. The summed E-state index contributed by atoms with van der Waals surface area (Å²) in [5.74, 6) is 0.943. The van der Waals surface area contributed by atoms with Gasteiger partial charge in [-0.05, 0) is 92.3 Å². The van der Waals surface area contributed by atoms with Gasteiger partial charge in [-0.15, -0.1) is 10.2 Å². The Morgan fingerprint density at radius 3 is 2.62 bits per heavy atom. The summed E-state index contributed by atoms with van der Waals surface area (Å²) >= 11 is 0. The third-order valence-electron chi connectivity index (χ3n) is 8.21. The second kappa shape index (κ2) is 11.1. The number of fused-ring (bicyclic) bond motifs is 1. The summed E-state index contributed by atoms with van der Waals surface area (Å²) in [6, 6.07) is 6.35. The fraction of sp³-hybridized carbons (Fsp3) is 0.654. The van der Waals surface area contributed by atoms with Gasteiger partial charge >= 0.3 is 11.9 Å². The Balaban J connectivity index is 1.22. The lowest BCUT2D eigenvalue weighted by Crippen LogP contribution is -2.50. The molecule has 11 heteroatoms. The Kier molecular flexibility index (Phi) is 7.71. The van der Waals surface area contributed by atoms with E-state index < -0.39 is 24.0 Å². The van der Waals surface area contributed by atoms with E-state index in [9.17, 15) is 19.8 Å². The van der Waals surface area contributed by atoms with E-state index in [2.05, 4.69) is 32.6 Å². The van der Waals surface area contributed by atoms with Crippen LogP contribution in [0.2, 0.25) is 0 Å². The van der Waals surface area contributed by atoms with Gasteiger partial charge in [0.15, 0.2) is 0 Å². The molecule has 1 saturated carbocycles.